The van der Waals surface area contributed by atoms with Crippen molar-refractivity contribution < 1.29 is 0 Å². The lowest BCUT2D eigenvalue weighted by atomic mass is 10.1. The van der Waals surface area contributed by atoms with E-state index in [-0.39, 0.29) is 0 Å². The average molecular weight is 228 g/mol. The maximum Gasteiger partial charge on any atom is 0.0581 e. The van der Waals surface area contributed by atoms with Crippen LogP contribution in [0.2, 0.25) is 0 Å². The van der Waals surface area contributed by atoms with Gasteiger partial charge >= 0.3 is 0 Å². The zero-order chi connectivity index (χ0) is 9.56. The quantitative estimate of drug-likeness (QED) is 0.496. The summed E-state index contributed by atoms with van der Waals surface area (Å²) in [5.74, 6) is 0.801. The van der Waals surface area contributed by atoms with Crippen LogP contribution >= 0.6 is 34.8 Å². The summed E-state index contributed by atoms with van der Waals surface area (Å²) in [4.78, 5) is 0. The highest BCUT2D eigenvalue weighted by molar-refractivity contribution is 6.36. The van der Waals surface area contributed by atoms with E-state index in [0.717, 1.165) is 12.0 Å². The van der Waals surface area contributed by atoms with Gasteiger partial charge < -0.3 is 0 Å². The summed E-state index contributed by atoms with van der Waals surface area (Å²) in [7, 11) is 0. The van der Waals surface area contributed by atoms with Gasteiger partial charge in [-0.2, -0.15) is 0 Å². The second-order valence-electron chi connectivity index (χ2n) is 2.76. The van der Waals surface area contributed by atoms with Crippen molar-refractivity contribution in [3.8, 4) is 0 Å². The number of hydrogen-bond acceptors (Lipinski definition) is 0. The lowest BCUT2D eigenvalue weighted by molar-refractivity contribution is 1.16. The molecular weight excluding hydrogens is 214 g/mol. The molecule has 0 aliphatic rings. The fourth-order valence-electron chi connectivity index (χ4n) is 0.660. The molecule has 0 aliphatic carbocycles. The molecule has 12 heavy (non-hydrogen) atoms. The van der Waals surface area contributed by atoms with Crippen molar-refractivity contribution >= 4 is 34.8 Å². The molecule has 0 N–H and O–H groups in total. The first-order valence-corrected chi connectivity index (χ1v) is 5.18. The normalized spacial score (nSPS) is 12.4. The number of halogens is 3. The second kappa shape index (κ2) is 6.82. The summed E-state index contributed by atoms with van der Waals surface area (Å²) >= 11 is 17.1. The van der Waals surface area contributed by atoms with Gasteiger partial charge in [-0.3, -0.25) is 0 Å². The van der Waals surface area contributed by atoms with E-state index in [4.69, 9.17) is 34.8 Å². The van der Waals surface area contributed by atoms with Crippen LogP contribution in [0.15, 0.2) is 22.3 Å². The Morgan fingerprint density at radius 1 is 1.17 bits per heavy atom. The van der Waals surface area contributed by atoms with Gasteiger partial charge in [0.05, 0.1) is 5.88 Å². The molecule has 0 rings (SSSR count). The zero-order valence-corrected chi connectivity index (χ0v) is 9.60. The molecule has 0 spiro atoms. The molecule has 0 bridgehead atoms. The molecule has 0 fully saturated rings. The van der Waals surface area contributed by atoms with Crippen LogP contribution in [0.1, 0.15) is 20.3 Å². The van der Waals surface area contributed by atoms with E-state index in [1.165, 1.54) is 5.57 Å². The van der Waals surface area contributed by atoms with Gasteiger partial charge in [-0.05, 0) is 25.8 Å². The van der Waals surface area contributed by atoms with Crippen LogP contribution in [0.5, 0.6) is 0 Å². The Morgan fingerprint density at radius 2 is 1.75 bits per heavy atom. The molecule has 0 atom stereocenters. The van der Waals surface area contributed by atoms with E-state index in [0.29, 0.717) is 16.8 Å². The number of hydrogen-bond donors (Lipinski definition) is 0. The Bertz CT molecular complexity index is 188. The zero-order valence-electron chi connectivity index (χ0n) is 7.33. The molecule has 0 amide bonds. The van der Waals surface area contributed by atoms with Crippen molar-refractivity contribution in [1.29, 1.82) is 0 Å². The monoisotopic (exact) mass is 226 g/mol. The number of rotatable bonds is 4. The molecule has 0 aromatic rings. The van der Waals surface area contributed by atoms with Crippen LogP contribution in [0.25, 0.3) is 0 Å². The van der Waals surface area contributed by atoms with Gasteiger partial charge in [0.25, 0.3) is 0 Å². The topological polar surface area (TPSA) is 0 Å². The number of alkyl halides is 2. The highest BCUT2D eigenvalue weighted by Crippen LogP contribution is 2.17. The van der Waals surface area contributed by atoms with Crippen LogP contribution in [-0.4, -0.2) is 11.8 Å². The summed E-state index contributed by atoms with van der Waals surface area (Å²) in [5, 5.41) is 0.671. The lowest BCUT2D eigenvalue weighted by Gasteiger charge is -2.02. The van der Waals surface area contributed by atoms with Gasteiger partial charge in [-0.1, -0.05) is 23.3 Å². The summed E-state index contributed by atoms with van der Waals surface area (Å²) in [6.45, 7) is 4.08. The largest absolute Gasteiger partial charge is 0.122 e. The predicted molar refractivity (Wildman–Crippen MR) is 58.4 cm³/mol. The Hall–Kier alpha value is 0.350. The highest BCUT2D eigenvalue weighted by atomic mass is 35.5. The minimum atomic E-state index is 0.347. The maximum absolute atomic E-state index is 5.85. The van der Waals surface area contributed by atoms with Crippen molar-refractivity contribution in [2.45, 2.75) is 20.3 Å². The average Bonchev–Trinajstić information content (AvgIpc) is 2.04. The van der Waals surface area contributed by atoms with Crippen molar-refractivity contribution in [2.75, 3.05) is 11.8 Å². The lowest BCUT2D eigenvalue weighted by Crippen LogP contribution is -1.89. The third-order valence-corrected chi connectivity index (χ3v) is 2.55. The molecule has 0 aromatic heterocycles. The van der Waals surface area contributed by atoms with Gasteiger partial charge in [0, 0.05) is 10.9 Å². The van der Waals surface area contributed by atoms with Crippen molar-refractivity contribution in [1.82, 2.24) is 0 Å². The first-order chi connectivity index (χ1) is 5.61. The third-order valence-electron chi connectivity index (χ3n) is 1.42. The van der Waals surface area contributed by atoms with Crippen LogP contribution in [0.4, 0.5) is 0 Å². The van der Waals surface area contributed by atoms with E-state index in [2.05, 4.69) is 6.08 Å². The van der Waals surface area contributed by atoms with Gasteiger partial charge in [0.1, 0.15) is 0 Å². The molecule has 0 saturated heterocycles. The van der Waals surface area contributed by atoms with E-state index in [9.17, 15) is 0 Å². The standard InChI is InChI=1S/C9H13Cl3/c1-7(2)3-4-8(5-10)9(12)6-11/h3H,4-6H2,1-2H3/b9-8-. The van der Waals surface area contributed by atoms with Gasteiger partial charge in [0.15, 0.2) is 0 Å². The molecule has 0 radical (unpaired) electrons. The first kappa shape index (κ1) is 12.3. The van der Waals surface area contributed by atoms with E-state index in [1.54, 1.807) is 0 Å². The van der Waals surface area contributed by atoms with E-state index >= 15 is 0 Å². The maximum atomic E-state index is 5.85. The fraction of sp³-hybridized carbons (Fsp3) is 0.556. The molecule has 0 heterocycles. The third kappa shape index (κ3) is 5.08. The van der Waals surface area contributed by atoms with Crippen molar-refractivity contribution in [3.63, 3.8) is 0 Å². The summed E-state index contributed by atoms with van der Waals surface area (Å²) in [5.41, 5.74) is 2.27. The van der Waals surface area contributed by atoms with Gasteiger partial charge in [0.2, 0.25) is 0 Å². The van der Waals surface area contributed by atoms with Crippen LogP contribution in [-0.2, 0) is 0 Å². The van der Waals surface area contributed by atoms with E-state index in [1.807, 2.05) is 13.8 Å². The second-order valence-corrected chi connectivity index (χ2v) is 3.75. The number of allylic oxidation sites excluding steroid dienone is 4. The molecule has 70 valence electrons. The highest BCUT2D eigenvalue weighted by Gasteiger charge is 2.00. The predicted octanol–water partition coefficient (Wildman–Crippen LogP) is 4.31. The SMILES string of the molecule is CC(C)=CC/C(CCl)=C(/Cl)CCl. The van der Waals surface area contributed by atoms with Crippen molar-refractivity contribution in [3.05, 3.63) is 22.3 Å². The molecule has 0 nitrogen and oxygen atoms in total. The van der Waals surface area contributed by atoms with Crippen LogP contribution in [0.3, 0.4) is 0 Å². The summed E-state index contributed by atoms with van der Waals surface area (Å²) < 4.78 is 0. The van der Waals surface area contributed by atoms with Crippen molar-refractivity contribution in [2.24, 2.45) is 0 Å². The van der Waals surface area contributed by atoms with Gasteiger partial charge in [-0.25, -0.2) is 0 Å². The molecule has 0 saturated carbocycles. The Morgan fingerprint density at radius 3 is 2.08 bits per heavy atom. The molecule has 0 aromatic carbocycles. The Labute approximate surface area is 89.2 Å². The van der Waals surface area contributed by atoms with Gasteiger partial charge in [-0.15, -0.1) is 23.2 Å². The fourth-order valence-corrected chi connectivity index (χ4v) is 1.33. The first-order valence-electron chi connectivity index (χ1n) is 3.73. The summed E-state index contributed by atoms with van der Waals surface area (Å²) in [6, 6.07) is 0. The minimum Gasteiger partial charge on any atom is -0.122 e. The summed E-state index contributed by atoms with van der Waals surface area (Å²) in [6.07, 6.45) is 2.89. The molecule has 3 heteroatoms. The van der Waals surface area contributed by atoms with Crippen LogP contribution in [0, 0.1) is 0 Å². The van der Waals surface area contributed by atoms with Crippen LogP contribution < -0.4 is 0 Å². The molecule has 0 aliphatic heterocycles. The minimum absolute atomic E-state index is 0.347. The van der Waals surface area contributed by atoms with E-state index < -0.39 is 0 Å². The smallest absolute Gasteiger partial charge is 0.0581 e. The molecule has 0 unspecified atom stereocenters. The Balaban J connectivity index is 4.28. The Kier molecular flexibility index (Phi) is 7.02. The molecular formula is C9H13Cl3.